The van der Waals surface area contributed by atoms with Crippen LogP contribution in [-0.2, 0) is 7.05 Å². The summed E-state index contributed by atoms with van der Waals surface area (Å²) >= 11 is 5.90. The third-order valence-corrected chi connectivity index (χ3v) is 6.19. The standard InChI is InChI=1S/C26H21ClN4O4/c1-13-10-16(14(2)28-19-8-9-21(27)29-23(19)26(33)34)22-17(11-13)25(32)31(3)24(30-22)18-12-35-20-7-5-4-6-15(18)20/h4-12,14,28H,1-3H3,(H,33,34). The highest BCUT2D eigenvalue weighted by Gasteiger charge is 2.21. The van der Waals surface area contributed by atoms with E-state index in [0.717, 1.165) is 16.5 Å². The summed E-state index contributed by atoms with van der Waals surface area (Å²) in [6.45, 7) is 3.78. The minimum absolute atomic E-state index is 0.0868. The van der Waals surface area contributed by atoms with E-state index in [4.69, 9.17) is 21.0 Å². The van der Waals surface area contributed by atoms with Crippen LogP contribution in [0.1, 0.15) is 34.6 Å². The van der Waals surface area contributed by atoms with Crippen LogP contribution in [-0.4, -0.2) is 25.6 Å². The molecule has 1 unspecified atom stereocenters. The number of anilines is 1. The van der Waals surface area contributed by atoms with E-state index < -0.39 is 12.0 Å². The van der Waals surface area contributed by atoms with Gasteiger partial charge in [0.2, 0.25) is 0 Å². The summed E-state index contributed by atoms with van der Waals surface area (Å²) in [5, 5.41) is 14.2. The minimum atomic E-state index is -1.20. The van der Waals surface area contributed by atoms with Gasteiger partial charge in [-0.2, -0.15) is 0 Å². The number of nitrogens with zero attached hydrogens (tertiary/aromatic N) is 3. The average molecular weight is 489 g/mol. The van der Waals surface area contributed by atoms with Gasteiger partial charge in [-0.15, -0.1) is 0 Å². The highest BCUT2D eigenvalue weighted by Crippen LogP contribution is 2.32. The predicted octanol–water partition coefficient (Wildman–Crippen LogP) is 5.57. The van der Waals surface area contributed by atoms with Gasteiger partial charge in [0.25, 0.3) is 5.56 Å². The maximum atomic E-state index is 13.4. The van der Waals surface area contributed by atoms with Crippen LogP contribution in [0.15, 0.2) is 64.0 Å². The van der Waals surface area contributed by atoms with Gasteiger partial charge < -0.3 is 14.8 Å². The predicted molar refractivity (Wildman–Crippen MR) is 135 cm³/mol. The number of furan rings is 1. The number of para-hydroxylation sites is 1. The van der Waals surface area contributed by atoms with Gasteiger partial charge in [-0.1, -0.05) is 35.9 Å². The fraction of sp³-hybridized carbons (Fsp3) is 0.154. The Morgan fingerprint density at radius 3 is 2.69 bits per heavy atom. The normalized spacial score (nSPS) is 12.2. The lowest BCUT2D eigenvalue weighted by atomic mass is 10.0. The van der Waals surface area contributed by atoms with Gasteiger partial charge >= 0.3 is 5.97 Å². The molecule has 0 aliphatic carbocycles. The maximum Gasteiger partial charge on any atom is 0.356 e. The Labute approximate surface area is 204 Å². The van der Waals surface area contributed by atoms with Crippen LogP contribution in [0.3, 0.4) is 0 Å². The van der Waals surface area contributed by atoms with Crippen molar-refractivity contribution >= 4 is 45.1 Å². The van der Waals surface area contributed by atoms with Crippen molar-refractivity contribution in [2.24, 2.45) is 7.05 Å². The van der Waals surface area contributed by atoms with Gasteiger partial charge in [-0.25, -0.2) is 14.8 Å². The second-order valence-electron chi connectivity index (χ2n) is 8.40. The highest BCUT2D eigenvalue weighted by molar-refractivity contribution is 6.29. The number of hydrogen-bond acceptors (Lipinski definition) is 6. The molecule has 0 saturated carbocycles. The number of aromatic nitrogens is 3. The van der Waals surface area contributed by atoms with Gasteiger partial charge in [-0.05, 0) is 43.7 Å². The second-order valence-corrected chi connectivity index (χ2v) is 8.78. The smallest absolute Gasteiger partial charge is 0.356 e. The molecule has 5 rings (SSSR count). The van der Waals surface area contributed by atoms with Crippen LogP contribution in [0.4, 0.5) is 5.69 Å². The average Bonchev–Trinajstić information content (AvgIpc) is 3.26. The Morgan fingerprint density at radius 1 is 1.14 bits per heavy atom. The number of rotatable bonds is 5. The number of aryl methyl sites for hydroxylation is 1. The Morgan fingerprint density at radius 2 is 1.91 bits per heavy atom. The van der Waals surface area contributed by atoms with Crippen molar-refractivity contribution in [2.45, 2.75) is 19.9 Å². The molecule has 5 aromatic rings. The van der Waals surface area contributed by atoms with Gasteiger partial charge in [0, 0.05) is 18.0 Å². The van der Waals surface area contributed by atoms with E-state index in [2.05, 4.69) is 10.3 Å². The first-order chi connectivity index (χ1) is 16.7. The van der Waals surface area contributed by atoms with E-state index in [1.165, 1.54) is 10.6 Å². The van der Waals surface area contributed by atoms with Crippen molar-refractivity contribution in [3.05, 3.63) is 87.1 Å². The van der Waals surface area contributed by atoms with E-state index >= 15 is 0 Å². The molecule has 0 bridgehead atoms. The molecule has 0 saturated heterocycles. The van der Waals surface area contributed by atoms with E-state index in [1.54, 1.807) is 19.4 Å². The van der Waals surface area contributed by atoms with Crippen LogP contribution in [0, 0.1) is 6.92 Å². The summed E-state index contributed by atoms with van der Waals surface area (Å²) < 4.78 is 7.21. The molecule has 9 heteroatoms. The van der Waals surface area contributed by atoms with Crippen molar-refractivity contribution in [1.82, 2.24) is 14.5 Å². The van der Waals surface area contributed by atoms with Crippen molar-refractivity contribution in [3.63, 3.8) is 0 Å². The Bertz CT molecular complexity index is 1690. The lowest BCUT2D eigenvalue weighted by Crippen LogP contribution is -2.22. The molecule has 3 heterocycles. The van der Waals surface area contributed by atoms with Crippen LogP contribution in [0.2, 0.25) is 5.15 Å². The summed E-state index contributed by atoms with van der Waals surface area (Å²) in [6, 6.07) is 14.0. The monoisotopic (exact) mass is 488 g/mol. The molecule has 3 aromatic heterocycles. The molecule has 0 aliphatic rings. The van der Waals surface area contributed by atoms with Crippen LogP contribution in [0.5, 0.6) is 0 Å². The molecule has 1 atom stereocenters. The maximum absolute atomic E-state index is 13.4. The number of pyridine rings is 1. The molecule has 0 radical (unpaired) electrons. The first-order valence-corrected chi connectivity index (χ1v) is 11.3. The fourth-order valence-electron chi connectivity index (χ4n) is 4.30. The number of carboxylic acid groups (broad SMARTS) is 1. The van der Waals surface area contributed by atoms with E-state index in [1.807, 2.05) is 50.2 Å². The van der Waals surface area contributed by atoms with Crippen LogP contribution in [0.25, 0.3) is 33.3 Å². The summed E-state index contributed by atoms with van der Waals surface area (Å²) in [6.07, 6.45) is 1.60. The minimum Gasteiger partial charge on any atom is -0.476 e. The number of benzene rings is 2. The first kappa shape index (κ1) is 22.6. The van der Waals surface area contributed by atoms with Crippen molar-refractivity contribution in [3.8, 4) is 11.4 Å². The van der Waals surface area contributed by atoms with Crippen molar-refractivity contribution in [1.29, 1.82) is 0 Å². The molecule has 0 aliphatic heterocycles. The highest BCUT2D eigenvalue weighted by atomic mass is 35.5. The molecule has 0 fully saturated rings. The number of aromatic carboxylic acids is 1. The number of fused-ring (bicyclic) bond motifs is 2. The summed E-state index contributed by atoms with van der Waals surface area (Å²) in [7, 11) is 1.69. The molecule has 2 N–H and O–H groups in total. The molecule has 35 heavy (non-hydrogen) atoms. The largest absolute Gasteiger partial charge is 0.476 e. The number of nitrogens with one attached hydrogen (secondary N) is 1. The second kappa shape index (κ2) is 8.56. The van der Waals surface area contributed by atoms with Crippen LogP contribution < -0.4 is 10.9 Å². The van der Waals surface area contributed by atoms with Gasteiger partial charge in [0.15, 0.2) is 5.69 Å². The molecule has 8 nitrogen and oxygen atoms in total. The lowest BCUT2D eigenvalue weighted by molar-refractivity contribution is 0.0691. The Hall–Kier alpha value is -4.17. The van der Waals surface area contributed by atoms with Gasteiger partial charge in [0.05, 0.1) is 28.2 Å². The third-order valence-electron chi connectivity index (χ3n) is 5.98. The summed E-state index contributed by atoms with van der Waals surface area (Å²) in [5.41, 5.74) is 3.51. The van der Waals surface area contributed by atoms with E-state index in [0.29, 0.717) is 33.6 Å². The number of halogens is 1. The molecular formula is C26H21ClN4O4. The summed E-state index contributed by atoms with van der Waals surface area (Å²) in [4.78, 5) is 34.0. The molecule has 0 amide bonds. The number of carboxylic acids is 1. The number of hydrogen-bond donors (Lipinski definition) is 2. The van der Waals surface area contributed by atoms with E-state index in [9.17, 15) is 14.7 Å². The molecule has 176 valence electrons. The van der Waals surface area contributed by atoms with Crippen molar-refractivity contribution < 1.29 is 14.3 Å². The van der Waals surface area contributed by atoms with Crippen molar-refractivity contribution in [2.75, 3.05) is 5.32 Å². The Balaban J connectivity index is 1.69. The Kier molecular flexibility index (Phi) is 5.53. The van der Waals surface area contributed by atoms with Gasteiger partial charge in [0.1, 0.15) is 22.8 Å². The third kappa shape index (κ3) is 3.91. The zero-order chi connectivity index (χ0) is 24.9. The molecule has 0 spiro atoms. The first-order valence-electron chi connectivity index (χ1n) is 10.9. The van der Waals surface area contributed by atoms with Gasteiger partial charge in [-0.3, -0.25) is 9.36 Å². The fourth-order valence-corrected chi connectivity index (χ4v) is 4.45. The summed E-state index contributed by atoms with van der Waals surface area (Å²) in [5.74, 6) is -0.721. The SMILES string of the molecule is Cc1cc(C(C)Nc2ccc(Cl)nc2C(=O)O)c2nc(-c3coc4ccccc34)n(C)c(=O)c2c1. The molecular weight excluding hydrogens is 468 g/mol. The topological polar surface area (TPSA) is 110 Å². The molecule has 2 aromatic carbocycles. The zero-order valence-electron chi connectivity index (χ0n) is 19.2. The quantitative estimate of drug-likeness (QED) is 0.311. The number of carbonyl (C=O) groups is 1. The zero-order valence-corrected chi connectivity index (χ0v) is 19.9. The lowest BCUT2D eigenvalue weighted by Gasteiger charge is -2.20. The van der Waals surface area contributed by atoms with E-state index in [-0.39, 0.29) is 16.4 Å². The van der Waals surface area contributed by atoms with Crippen LogP contribution >= 0.6 is 11.6 Å².